The number of aromatic nitrogens is 1. The minimum atomic E-state index is -0.431. The molecule has 0 aliphatic carbocycles. The van der Waals surface area contributed by atoms with Gasteiger partial charge >= 0.3 is 0 Å². The number of benzene rings is 6. The van der Waals surface area contributed by atoms with E-state index in [0.717, 1.165) is 54.6 Å². The van der Waals surface area contributed by atoms with Crippen LogP contribution < -0.4 is 15.9 Å². The molecule has 0 aliphatic heterocycles. The van der Waals surface area contributed by atoms with Crippen molar-refractivity contribution in [3.8, 4) is 11.4 Å². The van der Waals surface area contributed by atoms with Crippen LogP contribution >= 0.6 is 0 Å². The van der Waals surface area contributed by atoms with Gasteiger partial charge in [0.15, 0.2) is 0 Å². The molecule has 0 saturated heterocycles. The Bertz CT molecular complexity index is 2350. The maximum atomic E-state index is 14.2. The second-order valence-electron chi connectivity index (χ2n) is 11.7. The topological polar surface area (TPSA) is 48.3 Å². The molecule has 0 saturated carbocycles. The van der Waals surface area contributed by atoms with Gasteiger partial charge in [0, 0.05) is 16.2 Å². The summed E-state index contributed by atoms with van der Waals surface area (Å²) in [7, 11) is 0. The van der Waals surface area contributed by atoms with Crippen LogP contribution in [-0.4, -0.2) is 10.2 Å². The maximum Gasteiger partial charge on any atom is 0.266 e. The molecule has 1 aromatic heterocycles. The third-order valence-corrected chi connectivity index (χ3v) is 8.20. The lowest BCUT2D eigenvalue weighted by molar-refractivity contribution is 0.133. The second kappa shape index (κ2) is 6.70. The van der Waals surface area contributed by atoms with Crippen LogP contribution in [0.4, 0.5) is 0 Å². The number of hydrogen-bond acceptors (Lipinski definition) is 3. The number of nitrogens with zero attached hydrogens (tertiary/aromatic N) is 1. The Balaban J connectivity index is 1.73. The molecule has 0 atom stereocenters. The van der Waals surface area contributed by atoms with Crippen molar-refractivity contribution in [2.24, 2.45) is 0 Å². The smallest absolute Gasteiger partial charge is 0.266 e. The molecule has 4 heteroatoms. The highest BCUT2D eigenvalue weighted by Crippen LogP contribution is 2.52. The molecule has 0 fully saturated rings. The van der Waals surface area contributed by atoms with Crippen LogP contribution in [0.1, 0.15) is 31.9 Å². The SMILES string of the molecule is Cc1ccccc1-n1c(=O)c2c3cc(C)c4ccc5ccc6c(OC(C)(C)C)cc(c2c1=O)c1c6c5c4c31. The fraction of sp³-hybridized carbons (Fsp3) is 0.176. The zero-order chi connectivity index (χ0) is 26.2. The van der Waals surface area contributed by atoms with E-state index in [0.29, 0.717) is 16.5 Å². The minimum absolute atomic E-state index is 0.263. The van der Waals surface area contributed by atoms with E-state index in [1.54, 1.807) is 0 Å². The Morgan fingerprint density at radius 1 is 0.605 bits per heavy atom. The van der Waals surface area contributed by atoms with Gasteiger partial charge in [-0.15, -0.1) is 0 Å². The third-order valence-electron chi connectivity index (χ3n) is 8.20. The van der Waals surface area contributed by atoms with Crippen LogP contribution in [0.25, 0.3) is 70.3 Å². The first-order valence-corrected chi connectivity index (χ1v) is 13.0. The number of hydrogen-bond donors (Lipinski definition) is 0. The van der Waals surface area contributed by atoms with Crippen molar-refractivity contribution in [3.05, 3.63) is 92.5 Å². The van der Waals surface area contributed by atoms with Gasteiger partial charge in [0.05, 0.1) is 16.5 Å². The summed E-state index contributed by atoms with van der Waals surface area (Å²) in [5, 5.41) is 11.6. The van der Waals surface area contributed by atoms with E-state index in [1.165, 1.54) is 20.7 Å². The van der Waals surface area contributed by atoms with Gasteiger partial charge in [0.2, 0.25) is 0 Å². The van der Waals surface area contributed by atoms with Crippen LogP contribution in [0, 0.1) is 13.8 Å². The molecule has 1 heterocycles. The highest BCUT2D eigenvalue weighted by atomic mass is 16.5. The molecule has 0 bridgehead atoms. The average Bonchev–Trinajstić information content (AvgIpc) is 3.35. The van der Waals surface area contributed by atoms with Crippen LogP contribution in [0.2, 0.25) is 0 Å². The van der Waals surface area contributed by atoms with E-state index in [-0.39, 0.29) is 11.1 Å². The Hall–Kier alpha value is -4.44. The number of aryl methyl sites for hydroxylation is 2. The van der Waals surface area contributed by atoms with Crippen LogP contribution in [0.3, 0.4) is 0 Å². The zero-order valence-electron chi connectivity index (χ0n) is 21.9. The molecule has 0 N–H and O–H groups in total. The van der Waals surface area contributed by atoms with Crippen molar-refractivity contribution in [3.63, 3.8) is 0 Å². The molecule has 38 heavy (non-hydrogen) atoms. The molecular weight excluding hydrogens is 470 g/mol. The standard InChI is InChI=1S/C34H25NO3/c1-16-8-6-7-9-23(16)35-32(36)30-21-14-17(2)19-12-10-18-11-13-20-24(38-34(3,4)5)15-22(31(30)33(35)37)29-27(20)25(18)26(19)28(21)29/h6-15H,1-5H3. The summed E-state index contributed by atoms with van der Waals surface area (Å²) in [6, 6.07) is 20.3. The minimum Gasteiger partial charge on any atom is -0.487 e. The summed E-state index contributed by atoms with van der Waals surface area (Å²) < 4.78 is 7.88. The maximum absolute atomic E-state index is 14.2. The van der Waals surface area contributed by atoms with Gasteiger partial charge in [-0.2, -0.15) is 0 Å². The summed E-state index contributed by atoms with van der Waals surface area (Å²) in [5.74, 6) is 0.736. The van der Waals surface area contributed by atoms with Gasteiger partial charge in [-0.05, 0) is 108 Å². The van der Waals surface area contributed by atoms with Gasteiger partial charge in [0.25, 0.3) is 11.1 Å². The lowest BCUT2D eigenvalue weighted by Gasteiger charge is -2.23. The van der Waals surface area contributed by atoms with E-state index in [2.05, 4.69) is 37.3 Å². The summed E-state index contributed by atoms with van der Waals surface area (Å²) >= 11 is 0. The Labute approximate surface area is 218 Å². The van der Waals surface area contributed by atoms with Crippen LogP contribution in [0.5, 0.6) is 5.75 Å². The molecule has 0 amide bonds. The van der Waals surface area contributed by atoms with Gasteiger partial charge in [0.1, 0.15) is 11.4 Å². The van der Waals surface area contributed by atoms with Gasteiger partial charge in [-0.3, -0.25) is 9.59 Å². The average molecular weight is 496 g/mol. The fourth-order valence-corrected chi connectivity index (χ4v) is 6.78. The molecule has 0 aliphatic rings. The van der Waals surface area contributed by atoms with E-state index < -0.39 is 5.60 Å². The molecule has 7 aromatic carbocycles. The Kier molecular flexibility index (Phi) is 3.81. The van der Waals surface area contributed by atoms with Crippen molar-refractivity contribution < 1.29 is 4.74 Å². The monoisotopic (exact) mass is 495 g/mol. The van der Waals surface area contributed by atoms with E-state index in [1.807, 2.05) is 58.0 Å². The molecule has 0 unspecified atom stereocenters. The number of ether oxygens (including phenoxy) is 1. The van der Waals surface area contributed by atoms with Crippen molar-refractivity contribution >= 4 is 64.6 Å². The first-order chi connectivity index (χ1) is 18.2. The Morgan fingerprint density at radius 2 is 1.18 bits per heavy atom. The van der Waals surface area contributed by atoms with Crippen molar-refractivity contribution in [2.45, 2.75) is 40.2 Å². The second-order valence-corrected chi connectivity index (χ2v) is 11.7. The van der Waals surface area contributed by atoms with Gasteiger partial charge < -0.3 is 4.74 Å². The van der Waals surface area contributed by atoms with Crippen LogP contribution in [0.15, 0.2) is 70.3 Å². The first kappa shape index (κ1) is 21.6. The summed E-state index contributed by atoms with van der Waals surface area (Å²) in [6.45, 7) is 10.1. The molecular formula is C34H25NO3. The molecule has 0 radical (unpaired) electrons. The van der Waals surface area contributed by atoms with Crippen molar-refractivity contribution in [1.82, 2.24) is 4.57 Å². The summed E-state index contributed by atoms with van der Waals surface area (Å²) in [4.78, 5) is 28.4. The number of para-hydroxylation sites is 1. The number of fused-ring (bicyclic) bond motifs is 3. The van der Waals surface area contributed by atoms with E-state index in [9.17, 15) is 9.59 Å². The molecule has 184 valence electrons. The van der Waals surface area contributed by atoms with E-state index >= 15 is 0 Å². The molecule has 8 aromatic rings. The fourth-order valence-electron chi connectivity index (χ4n) is 6.78. The molecule has 8 rings (SSSR count). The summed E-state index contributed by atoms with van der Waals surface area (Å²) in [5.41, 5.74) is 1.64. The normalized spacial score (nSPS) is 13.1. The largest absolute Gasteiger partial charge is 0.487 e. The number of rotatable bonds is 2. The predicted molar refractivity (Wildman–Crippen MR) is 158 cm³/mol. The molecule has 4 nitrogen and oxygen atoms in total. The van der Waals surface area contributed by atoms with E-state index in [4.69, 9.17) is 4.74 Å². The molecule has 0 spiro atoms. The highest BCUT2D eigenvalue weighted by Gasteiger charge is 2.29. The third kappa shape index (κ3) is 2.46. The first-order valence-electron chi connectivity index (χ1n) is 13.0. The lowest BCUT2D eigenvalue weighted by atomic mass is 9.93. The van der Waals surface area contributed by atoms with Gasteiger partial charge in [-0.1, -0.05) is 36.4 Å². The van der Waals surface area contributed by atoms with Crippen LogP contribution in [-0.2, 0) is 0 Å². The highest BCUT2D eigenvalue weighted by molar-refractivity contribution is 6.48. The summed E-state index contributed by atoms with van der Waals surface area (Å²) in [6.07, 6.45) is 0. The quantitative estimate of drug-likeness (QED) is 0.231. The Morgan fingerprint density at radius 3 is 1.84 bits per heavy atom. The van der Waals surface area contributed by atoms with Gasteiger partial charge in [-0.25, -0.2) is 4.57 Å². The van der Waals surface area contributed by atoms with Crippen molar-refractivity contribution in [1.29, 1.82) is 0 Å². The van der Waals surface area contributed by atoms with Crippen molar-refractivity contribution in [2.75, 3.05) is 0 Å². The zero-order valence-corrected chi connectivity index (χ0v) is 21.9. The lowest BCUT2D eigenvalue weighted by Crippen LogP contribution is -2.24. The predicted octanol–water partition coefficient (Wildman–Crippen LogP) is 7.66.